The van der Waals surface area contributed by atoms with Crippen LogP contribution in [-0.4, -0.2) is 22.2 Å². The van der Waals surface area contributed by atoms with Crippen LogP contribution in [0, 0.1) is 0 Å². The Labute approximate surface area is 125 Å². The van der Waals surface area contributed by atoms with Gasteiger partial charge in [-0.3, -0.25) is 9.59 Å². The highest BCUT2D eigenvalue weighted by molar-refractivity contribution is 9.09. The van der Waals surface area contributed by atoms with Crippen molar-refractivity contribution in [1.29, 1.82) is 0 Å². The molecule has 0 saturated carbocycles. The van der Waals surface area contributed by atoms with E-state index in [-0.39, 0.29) is 27.8 Å². The van der Waals surface area contributed by atoms with Crippen molar-refractivity contribution in [3.8, 4) is 0 Å². The molecule has 0 spiro atoms. The van der Waals surface area contributed by atoms with E-state index in [9.17, 15) is 14.4 Å². The number of rotatable bonds is 4. The molecule has 0 fully saturated rings. The van der Waals surface area contributed by atoms with Crippen LogP contribution in [0.5, 0.6) is 0 Å². The summed E-state index contributed by atoms with van der Waals surface area (Å²) in [5.74, 6) is -0.435. The quantitative estimate of drug-likeness (QED) is 0.459. The largest absolute Gasteiger partial charge is 0.423 e. The van der Waals surface area contributed by atoms with Crippen LogP contribution in [0.4, 0.5) is 0 Å². The van der Waals surface area contributed by atoms with Gasteiger partial charge in [0.1, 0.15) is 5.58 Å². The normalized spacial score (nSPS) is 10.6. The van der Waals surface area contributed by atoms with E-state index >= 15 is 0 Å². The fraction of sp³-hybridized carbons (Fsp3) is 0.154. The number of fused-ring (bicyclic) bond motifs is 1. The van der Waals surface area contributed by atoms with Crippen molar-refractivity contribution in [2.45, 2.75) is 0 Å². The predicted molar refractivity (Wildman–Crippen MR) is 78.7 cm³/mol. The summed E-state index contributed by atoms with van der Waals surface area (Å²) in [5.41, 5.74) is 0.373. The number of Topliss-reactive ketones (excluding diaryl/α,β-unsaturated/α-hetero) is 2. The maximum Gasteiger partial charge on any atom is 0.336 e. The van der Waals surface area contributed by atoms with Gasteiger partial charge in [0, 0.05) is 22.6 Å². The average Bonchev–Trinajstić information content (AvgIpc) is 2.44. The molecule has 0 aliphatic heterocycles. The first-order chi connectivity index (χ1) is 9.06. The van der Waals surface area contributed by atoms with Gasteiger partial charge in [-0.1, -0.05) is 31.9 Å². The van der Waals surface area contributed by atoms with Crippen LogP contribution >= 0.6 is 31.9 Å². The molecule has 0 amide bonds. The molecule has 4 nitrogen and oxygen atoms in total. The number of halogens is 2. The molecule has 1 heterocycles. The summed E-state index contributed by atoms with van der Waals surface area (Å²) in [4.78, 5) is 34.9. The number of benzene rings is 1. The number of hydrogen-bond donors (Lipinski definition) is 0. The van der Waals surface area contributed by atoms with Crippen molar-refractivity contribution in [1.82, 2.24) is 0 Å². The first-order valence-corrected chi connectivity index (χ1v) is 7.57. The molecule has 0 bridgehead atoms. The minimum absolute atomic E-state index is 0.0954. The van der Waals surface area contributed by atoms with E-state index in [1.165, 1.54) is 12.1 Å². The summed E-state index contributed by atoms with van der Waals surface area (Å²) in [6, 6.07) is 5.85. The molecule has 0 atom stereocenters. The molecule has 0 aliphatic rings. The Morgan fingerprint density at radius 2 is 1.58 bits per heavy atom. The zero-order valence-corrected chi connectivity index (χ0v) is 12.8. The lowest BCUT2D eigenvalue weighted by Gasteiger charge is -2.07. The first-order valence-electron chi connectivity index (χ1n) is 5.33. The SMILES string of the molecule is O=C(CBr)c1cc2ccc(=O)oc2cc1C(=O)CBr. The Morgan fingerprint density at radius 1 is 1.00 bits per heavy atom. The number of ketones is 2. The monoisotopic (exact) mass is 386 g/mol. The smallest absolute Gasteiger partial charge is 0.336 e. The molecule has 2 rings (SSSR count). The molecule has 2 aromatic rings. The van der Waals surface area contributed by atoms with Gasteiger partial charge in [0.2, 0.25) is 0 Å². The highest BCUT2D eigenvalue weighted by Gasteiger charge is 2.17. The van der Waals surface area contributed by atoms with Crippen LogP contribution in [0.3, 0.4) is 0 Å². The Hall–Kier alpha value is -1.27. The molecule has 6 heteroatoms. The summed E-state index contributed by atoms with van der Waals surface area (Å²) in [5, 5.41) is 0.825. The second-order valence-electron chi connectivity index (χ2n) is 3.80. The summed E-state index contributed by atoms with van der Waals surface area (Å²) in [6.45, 7) is 0. The molecule has 0 unspecified atom stereocenters. The Balaban J connectivity index is 2.77. The Morgan fingerprint density at radius 3 is 2.16 bits per heavy atom. The molecule has 0 N–H and O–H groups in total. The molecule has 0 radical (unpaired) electrons. The fourth-order valence-corrected chi connectivity index (χ4v) is 2.32. The van der Waals surface area contributed by atoms with Crippen LogP contribution in [0.25, 0.3) is 11.0 Å². The molecule has 98 valence electrons. The van der Waals surface area contributed by atoms with Gasteiger partial charge in [-0.25, -0.2) is 4.79 Å². The van der Waals surface area contributed by atoms with Crippen molar-refractivity contribution >= 4 is 54.4 Å². The van der Waals surface area contributed by atoms with Gasteiger partial charge in [0.25, 0.3) is 0 Å². The minimum Gasteiger partial charge on any atom is -0.423 e. The van der Waals surface area contributed by atoms with Crippen LogP contribution in [-0.2, 0) is 0 Å². The third-order valence-electron chi connectivity index (χ3n) is 2.60. The summed E-state index contributed by atoms with van der Waals surface area (Å²) in [7, 11) is 0. The van der Waals surface area contributed by atoms with E-state index in [1.54, 1.807) is 12.1 Å². The van der Waals surface area contributed by atoms with Gasteiger partial charge in [0.15, 0.2) is 11.6 Å². The third-order valence-corrected chi connectivity index (χ3v) is 3.62. The molecular weight excluding hydrogens is 380 g/mol. The molecule has 1 aromatic carbocycles. The van der Waals surface area contributed by atoms with Crippen molar-refractivity contribution in [3.05, 3.63) is 45.8 Å². The van der Waals surface area contributed by atoms with Crippen molar-refractivity contribution < 1.29 is 14.0 Å². The molecule has 1 aromatic heterocycles. The summed E-state index contributed by atoms with van der Waals surface area (Å²) < 4.78 is 5.02. The Kier molecular flexibility index (Phi) is 4.31. The zero-order chi connectivity index (χ0) is 14.0. The second kappa shape index (κ2) is 5.79. The lowest BCUT2D eigenvalue weighted by molar-refractivity contribution is 0.0987. The van der Waals surface area contributed by atoms with Gasteiger partial charge in [-0.15, -0.1) is 0 Å². The lowest BCUT2D eigenvalue weighted by atomic mass is 9.99. The zero-order valence-electron chi connectivity index (χ0n) is 9.61. The van der Waals surface area contributed by atoms with Gasteiger partial charge in [-0.05, 0) is 18.2 Å². The predicted octanol–water partition coefficient (Wildman–Crippen LogP) is 2.95. The summed E-state index contributed by atoms with van der Waals surface area (Å²) >= 11 is 6.16. The molecular formula is C13H8Br2O4. The van der Waals surface area contributed by atoms with Gasteiger partial charge >= 0.3 is 5.63 Å². The topological polar surface area (TPSA) is 64.3 Å². The van der Waals surface area contributed by atoms with E-state index in [0.29, 0.717) is 16.5 Å². The van der Waals surface area contributed by atoms with Gasteiger partial charge < -0.3 is 4.42 Å². The maximum atomic E-state index is 11.9. The highest BCUT2D eigenvalue weighted by Crippen LogP contribution is 2.21. The lowest BCUT2D eigenvalue weighted by Crippen LogP contribution is -2.11. The minimum atomic E-state index is -0.496. The molecule has 0 saturated heterocycles. The number of alkyl halides is 2. The van der Waals surface area contributed by atoms with Crippen LogP contribution in [0.15, 0.2) is 33.5 Å². The molecule has 0 aliphatic carbocycles. The number of hydrogen-bond acceptors (Lipinski definition) is 4. The number of carbonyl (C=O) groups is 2. The highest BCUT2D eigenvalue weighted by atomic mass is 79.9. The number of carbonyl (C=O) groups excluding carboxylic acids is 2. The second-order valence-corrected chi connectivity index (χ2v) is 4.93. The van der Waals surface area contributed by atoms with E-state index in [0.717, 1.165) is 0 Å². The van der Waals surface area contributed by atoms with Crippen LogP contribution < -0.4 is 5.63 Å². The summed E-state index contributed by atoms with van der Waals surface area (Å²) in [6.07, 6.45) is 0. The fourth-order valence-electron chi connectivity index (χ4n) is 1.72. The van der Waals surface area contributed by atoms with E-state index in [2.05, 4.69) is 31.9 Å². The van der Waals surface area contributed by atoms with Crippen molar-refractivity contribution in [2.24, 2.45) is 0 Å². The Bertz CT molecular complexity index is 718. The van der Waals surface area contributed by atoms with E-state index < -0.39 is 5.63 Å². The first kappa shape index (κ1) is 14.1. The van der Waals surface area contributed by atoms with E-state index in [4.69, 9.17) is 4.42 Å². The van der Waals surface area contributed by atoms with Gasteiger partial charge in [0.05, 0.1) is 10.7 Å². The van der Waals surface area contributed by atoms with Crippen molar-refractivity contribution in [3.63, 3.8) is 0 Å². The molecule has 19 heavy (non-hydrogen) atoms. The average molecular weight is 388 g/mol. The maximum absolute atomic E-state index is 11.9. The van der Waals surface area contributed by atoms with Crippen LogP contribution in [0.1, 0.15) is 20.7 Å². The van der Waals surface area contributed by atoms with Crippen molar-refractivity contribution in [2.75, 3.05) is 10.7 Å². The van der Waals surface area contributed by atoms with E-state index in [1.807, 2.05) is 0 Å². The standard InChI is InChI=1S/C13H8Br2O4/c14-5-10(16)8-3-7-1-2-13(18)19-12(7)4-9(8)11(17)6-15/h1-4H,5-6H2. The van der Waals surface area contributed by atoms with Crippen LogP contribution in [0.2, 0.25) is 0 Å². The van der Waals surface area contributed by atoms with Gasteiger partial charge in [-0.2, -0.15) is 0 Å². The third kappa shape index (κ3) is 2.84.